The Hall–Kier alpha value is -1.21. The normalized spacial score (nSPS) is 19.3. The maximum atomic E-state index is 13.3. The molecule has 1 aliphatic rings. The van der Waals surface area contributed by atoms with E-state index in [2.05, 4.69) is 9.72 Å². The van der Waals surface area contributed by atoms with Gasteiger partial charge in [-0.1, -0.05) is 0 Å². The average molecular weight is 237 g/mol. The molecule has 1 aromatic rings. The van der Waals surface area contributed by atoms with Crippen LogP contribution in [0.2, 0.25) is 0 Å². The van der Waals surface area contributed by atoms with Gasteiger partial charge >= 0.3 is 6.18 Å². The minimum absolute atomic E-state index is 0.142. The number of pyridine rings is 1. The highest BCUT2D eigenvalue weighted by Gasteiger charge is 2.42. The molecule has 7 heteroatoms. The highest BCUT2D eigenvalue weighted by atomic mass is 19.4. The molecule has 0 bridgehead atoms. The van der Waals surface area contributed by atoms with Crippen LogP contribution in [0.3, 0.4) is 0 Å². The topological polar surface area (TPSA) is 42.4 Å². The highest BCUT2D eigenvalue weighted by Crippen LogP contribution is 2.33. The van der Waals surface area contributed by atoms with Crippen molar-refractivity contribution in [1.29, 1.82) is 0 Å². The van der Waals surface area contributed by atoms with Gasteiger partial charge in [-0.2, -0.15) is 17.6 Å². The molecular formula is C9H7F4NO2. The number of hydrogen-bond acceptors (Lipinski definition) is 3. The van der Waals surface area contributed by atoms with Crippen LogP contribution in [0.4, 0.5) is 17.6 Å². The molecule has 2 rings (SSSR count). The van der Waals surface area contributed by atoms with Crippen molar-refractivity contribution in [3.63, 3.8) is 0 Å². The molecule has 2 heterocycles. The Labute approximate surface area is 87.7 Å². The third-order valence-electron chi connectivity index (χ3n) is 2.32. The van der Waals surface area contributed by atoms with Crippen molar-refractivity contribution >= 4 is 0 Å². The van der Waals surface area contributed by atoms with Gasteiger partial charge in [0.15, 0.2) is 0 Å². The summed E-state index contributed by atoms with van der Waals surface area (Å²) in [6.07, 6.45) is -4.70. The van der Waals surface area contributed by atoms with Gasteiger partial charge in [-0.25, -0.2) is 4.98 Å². The summed E-state index contributed by atoms with van der Waals surface area (Å²) in [5.41, 5.74) is -3.15. The second kappa shape index (κ2) is 3.39. The molecular weight excluding hydrogens is 230 g/mol. The van der Waals surface area contributed by atoms with Crippen molar-refractivity contribution < 1.29 is 27.4 Å². The first-order valence-electron chi connectivity index (χ1n) is 4.37. The van der Waals surface area contributed by atoms with Crippen LogP contribution in [0.5, 0.6) is 0 Å². The molecule has 88 valence electrons. The predicted molar refractivity (Wildman–Crippen MR) is 43.9 cm³/mol. The molecule has 1 fully saturated rings. The molecule has 0 spiro atoms. The van der Waals surface area contributed by atoms with Crippen LogP contribution in [0.1, 0.15) is 11.3 Å². The summed E-state index contributed by atoms with van der Waals surface area (Å²) in [4.78, 5) is 2.79. The van der Waals surface area contributed by atoms with Gasteiger partial charge in [0.1, 0.15) is 11.3 Å². The minimum Gasteiger partial charge on any atom is -0.380 e. The van der Waals surface area contributed by atoms with E-state index in [1.807, 2.05) is 0 Å². The lowest BCUT2D eigenvalue weighted by molar-refractivity contribution is -0.186. The summed E-state index contributed by atoms with van der Waals surface area (Å²) in [5.74, 6) is -1.32. The van der Waals surface area contributed by atoms with E-state index in [-0.39, 0.29) is 18.8 Å². The first kappa shape index (κ1) is 11.3. The van der Waals surface area contributed by atoms with E-state index in [1.165, 1.54) is 0 Å². The third kappa shape index (κ3) is 1.76. The molecule has 0 aliphatic carbocycles. The Morgan fingerprint density at radius 3 is 2.31 bits per heavy atom. The van der Waals surface area contributed by atoms with E-state index < -0.39 is 23.4 Å². The van der Waals surface area contributed by atoms with Crippen LogP contribution in [0.15, 0.2) is 12.1 Å². The van der Waals surface area contributed by atoms with Crippen molar-refractivity contribution in [2.45, 2.75) is 11.8 Å². The molecule has 0 saturated carbocycles. The Morgan fingerprint density at radius 1 is 1.31 bits per heavy atom. The first-order chi connectivity index (χ1) is 7.33. The maximum absolute atomic E-state index is 13.3. The third-order valence-corrected chi connectivity index (χ3v) is 2.32. The lowest BCUT2D eigenvalue weighted by Gasteiger charge is -2.36. The maximum Gasteiger partial charge on any atom is 0.433 e. The number of rotatable bonds is 1. The number of aliphatic hydroxyl groups is 1. The number of ether oxygens (including phenoxy) is 1. The fourth-order valence-corrected chi connectivity index (χ4v) is 1.39. The number of halogens is 4. The predicted octanol–water partition coefficient (Wildman–Crippen LogP) is 1.46. The van der Waals surface area contributed by atoms with Gasteiger partial charge in [-0.3, -0.25) is 0 Å². The molecule has 1 aliphatic heterocycles. The largest absolute Gasteiger partial charge is 0.433 e. The minimum atomic E-state index is -4.70. The monoisotopic (exact) mass is 237 g/mol. The van der Waals surface area contributed by atoms with Gasteiger partial charge in [0.05, 0.1) is 13.2 Å². The lowest BCUT2D eigenvalue weighted by atomic mass is 9.93. The fourth-order valence-electron chi connectivity index (χ4n) is 1.39. The molecule has 3 nitrogen and oxygen atoms in total. The highest BCUT2D eigenvalue weighted by molar-refractivity contribution is 5.25. The summed E-state index contributed by atoms with van der Waals surface area (Å²) in [5, 5.41) is 9.67. The van der Waals surface area contributed by atoms with Gasteiger partial charge < -0.3 is 9.84 Å². The Bertz CT molecular complexity index is 414. The molecule has 1 N–H and O–H groups in total. The summed E-state index contributed by atoms with van der Waals surface area (Å²) in [6.45, 7) is -0.284. The Balaban J connectivity index is 2.37. The smallest absolute Gasteiger partial charge is 0.380 e. The molecule has 0 aromatic carbocycles. The van der Waals surface area contributed by atoms with E-state index in [9.17, 15) is 22.7 Å². The van der Waals surface area contributed by atoms with E-state index >= 15 is 0 Å². The molecule has 0 radical (unpaired) electrons. The Kier molecular flexibility index (Phi) is 2.39. The van der Waals surface area contributed by atoms with E-state index in [4.69, 9.17) is 0 Å². The summed E-state index contributed by atoms with van der Waals surface area (Å²) in [7, 11) is 0. The van der Waals surface area contributed by atoms with Gasteiger partial charge in [-0.15, -0.1) is 0 Å². The van der Waals surface area contributed by atoms with E-state index in [1.54, 1.807) is 0 Å². The standard InChI is InChI=1S/C9H7F4NO2/c10-7-5(8(15)3-16-4-8)1-2-6(14-7)9(11,12)13/h1-2,15H,3-4H2. The number of hydrogen-bond donors (Lipinski definition) is 1. The van der Waals surface area contributed by atoms with Gasteiger partial charge in [0.25, 0.3) is 0 Å². The van der Waals surface area contributed by atoms with E-state index in [0.29, 0.717) is 6.07 Å². The second-order valence-corrected chi connectivity index (χ2v) is 3.56. The van der Waals surface area contributed by atoms with Crippen LogP contribution in [0, 0.1) is 5.95 Å². The number of nitrogens with zero attached hydrogens (tertiary/aromatic N) is 1. The van der Waals surface area contributed by atoms with Crippen LogP contribution in [-0.4, -0.2) is 23.3 Å². The molecule has 16 heavy (non-hydrogen) atoms. The van der Waals surface area contributed by atoms with Crippen molar-refractivity contribution in [3.05, 3.63) is 29.3 Å². The zero-order chi connectivity index (χ0) is 12.0. The summed E-state index contributed by atoms with van der Waals surface area (Å²) >= 11 is 0. The first-order valence-corrected chi connectivity index (χ1v) is 4.37. The van der Waals surface area contributed by atoms with Crippen LogP contribution >= 0.6 is 0 Å². The fraction of sp³-hybridized carbons (Fsp3) is 0.444. The van der Waals surface area contributed by atoms with E-state index in [0.717, 1.165) is 6.07 Å². The Morgan fingerprint density at radius 2 is 1.94 bits per heavy atom. The molecule has 0 unspecified atom stereocenters. The molecule has 0 amide bonds. The van der Waals surface area contributed by atoms with Crippen molar-refractivity contribution in [2.75, 3.05) is 13.2 Å². The van der Waals surface area contributed by atoms with Crippen LogP contribution in [-0.2, 0) is 16.5 Å². The van der Waals surface area contributed by atoms with Gasteiger partial charge in [-0.05, 0) is 12.1 Å². The zero-order valence-electron chi connectivity index (χ0n) is 7.88. The SMILES string of the molecule is OC1(c2ccc(C(F)(F)F)nc2F)COC1. The van der Waals surface area contributed by atoms with Gasteiger partial charge in [0.2, 0.25) is 5.95 Å². The van der Waals surface area contributed by atoms with Crippen LogP contribution < -0.4 is 0 Å². The molecule has 1 aromatic heterocycles. The van der Waals surface area contributed by atoms with Gasteiger partial charge in [0, 0.05) is 5.56 Å². The van der Waals surface area contributed by atoms with Crippen molar-refractivity contribution in [1.82, 2.24) is 4.98 Å². The number of alkyl halides is 3. The summed E-state index contributed by atoms with van der Waals surface area (Å²) in [6, 6.07) is 1.52. The lowest BCUT2D eigenvalue weighted by Crippen LogP contribution is -2.47. The number of aromatic nitrogens is 1. The second-order valence-electron chi connectivity index (χ2n) is 3.56. The van der Waals surface area contributed by atoms with Crippen molar-refractivity contribution in [3.8, 4) is 0 Å². The quantitative estimate of drug-likeness (QED) is 0.594. The summed E-state index contributed by atoms with van der Waals surface area (Å²) < 4.78 is 54.5. The van der Waals surface area contributed by atoms with Crippen LogP contribution in [0.25, 0.3) is 0 Å². The average Bonchev–Trinajstić information content (AvgIpc) is 2.12. The zero-order valence-corrected chi connectivity index (χ0v) is 7.88. The van der Waals surface area contributed by atoms with Crippen molar-refractivity contribution in [2.24, 2.45) is 0 Å². The molecule has 1 saturated heterocycles. The molecule has 0 atom stereocenters.